The van der Waals surface area contributed by atoms with Crippen LogP contribution in [0.25, 0.3) is 0 Å². The molecule has 0 bridgehead atoms. The van der Waals surface area contributed by atoms with Crippen LogP contribution in [-0.4, -0.2) is 13.2 Å². The molecule has 0 radical (unpaired) electrons. The van der Waals surface area contributed by atoms with Gasteiger partial charge in [-0.1, -0.05) is 17.7 Å². The molecule has 124 valence electrons. The number of halogens is 1. The first kappa shape index (κ1) is 17.5. The number of aryl methyl sites for hydroxylation is 2. The highest BCUT2D eigenvalue weighted by molar-refractivity contribution is 6.31. The largest absolute Gasteiger partial charge is 0.493 e. The Bertz CT molecular complexity index is 683. The number of rotatable bonds is 6. The number of methoxy groups -OCH3 is 1. The first-order chi connectivity index (χ1) is 10.9. The Morgan fingerprint density at radius 2 is 1.78 bits per heavy atom. The predicted octanol–water partition coefficient (Wildman–Crippen LogP) is 5.36. The lowest BCUT2D eigenvalue weighted by molar-refractivity contribution is 0.230. The van der Waals surface area contributed by atoms with Crippen LogP contribution >= 0.6 is 11.6 Å². The van der Waals surface area contributed by atoms with Gasteiger partial charge in [0.15, 0.2) is 11.5 Å². The molecule has 2 aromatic carbocycles. The Kier molecular flexibility index (Phi) is 5.78. The molecule has 0 aromatic heterocycles. The minimum atomic E-state index is 0.0690. The third kappa shape index (κ3) is 4.55. The third-order valence-electron chi connectivity index (χ3n) is 3.69. The Morgan fingerprint density at radius 3 is 2.39 bits per heavy atom. The molecule has 4 heteroatoms. The van der Waals surface area contributed by atoms with Gasteiger partial charge in [-0.15, -0.1) is 0 Å². The van der Waals surface area contributed by atoms with E-state index in [1.54, 1.807) is 7.11 Å². The molecule has 0 fully saturated rings. The van der Waals surface area contributed by atoms with Crippen molar-refractivity contribution in [3.63, 3.8) is 0 Å². The van der Waals surface area contributed by atoms with Gasteiger partial charge in [-0.25, -0.2) is 0 Å². The minimum Gasteiger partial charge on any atom is -0.493 e. The zero-order valence-corrected chi connectivity index (χ0v) is 15.1. The summed E-state index contributed by atoms with van der Waals surface area (Å²) in [5, 5.41) is 4.07. The van der Waals surface area contributed by atoms with Crippen molar-refractivity contribution >= 4 is 17.3 Å². The Hall–Kier alpha value is -1.87. The Balaban J connectivity index is 2.17. The van der Waals surface area contributed by atoms with Gasteiger partial charge in [0.1, 0.15) is 0 Å². The lowest BCUT2D eigenvalue weighted by atomic mass is 10.1. The van der Waals surface area contributed by atoms with Crippen LogP contribution in [0, 0.1) is 13.8 Å². The van der Waals surface area contributed by atoms with Crippen molar-refractivity contribution in [3.8, 4) is 11.5 Å². The second kappa shape index (κ2) is 7.60. The highest BCUT2D eigenvalue weighted by Gasteiger charge is 2.12. The SMILES string of the molecule is COc1cc(CNc2ccc(C)c(C)c2)c(Cl)cc1OC(C)C. The fourth-order valence-electron chi connectivity index (χ4n) is 2.27. The first-order valence-corrected chi connectivity index (χ1v) is 8.12. The summed E-state index contributed by atoms with van der Waals surface area (Å²) in [6.45, 7) is 8.79. The van der Waals surface area contributed by atoms with E-state index in [0.29, 0.717) is 23.1 Å². The summed E-state index contributed by atoms with van der Waals surface area (Å²) in [6, 6.07) is 10.1. The number of hydrogen-bond donors (Lipinski definition) is 1. The lowest BCUT2D eigenvalue weighted by Crippen LogP contribution is -2.08. The van der Waals surface area contributed by atoms with Crippen molar-refractivity contribution in [1.82, 2.24) is 0 Å². The van der Waals surface area contributed by atoms with Crippen LogP contribution in [0.2, 0.25) is 5.02 Å². The Morgan fingerprint density at radius 1 is 1.04 bits per heavy atom. The van der Waals surface area contributed by atoms with Crippen molar-refractivity contribution in [2.45, 2.75) is 40.3 Å². The van der Waals surface area contributed by atoms with Crippen LogP contribution in [0.1, 0.15) is 30.5 Å². The number of benzene rings is 2. The molecule has 23 heavy (non-hydrogen) atoms. The van der Waals surface area contributed by atoms with Crippen molar-refractivity contribution in [2.24, 2.45) is 0 Å². The van der Waals surface area contributed by atoms with E-state index in [1.807, 2.05) is 26.0 Å². The Labute approximate surface area is 143 Å². The summed E-state index contributed by atoms with van der Waals surface area (Å²) in [6.07, 6.45) is 0.0690. The van der Waals surface area contributed by atoms with Crippen LogP contribution in [0.4, 0.5) is 5.69 Å². The molecule has 0 unspecified atom stereocenters. The van der Waals surface area contributed by atoms with E-state index in [2.05, 4.69) is 37.4 Å². The van der Waals surface area contributed by atoms with Gasteiger partial charge in [-0.2, -0.15) is 0 Å². The van der Waals surface area contributed by atoms with Gasteiger partial charge in [-0.3, -0.25) is 0 Å². The molecule has 0 aliphatic rings. The fraction of sp³-hybridized carbons (Fsp3) is 0.368. The van der Waals surface area contributed by atoms with Gasteiger partial charge in [0.2, 0.25) is 0 Å². The van der Waals surface area contributed by atoms with Crippen molar-refractivity contribution in [3.05, 3.63) is 52.0 Å². The minimum absolute atomic E-state index is 0.0690. The summed E-state index contributed by atoms with van der Waals surface area (Å²) in [5.41, 5.74) is 4.59. The summed E-state index contributed by atoms with van der Waals surface area (Å²) < 4.78 is 11.2. The van der Waals surface area contributed by atoms with E-state index in [9.17, 15) is 0 Å². The third-order valence-corrected chi connectivity index (χ3v) is 4.04. The van der Waals surface area contributed by atoms with Gasteiger partial charge in [-0.05, 0) is 62.6 Å². The molecule has 0 heterocycles. The normalized spacial score (nSPS) is 10.7. The summed E-state index contributed by atoms with van der Waals surface area (Å²) in [7, 11) is 1.64. The maximum Gasteiger partial charge on any atom is 0.163 e. The molecular formula is C19H24ClNO2. The standard InChI is InChI=1S/C19H24ClNO2/c1-12(2)23-19-10-17(20)15(9-18(19)22-5)11-21-16-7-6-13(3)14(4)8-16/h6-10,12,21H,11H2,1-5H3. The number of ether oxygens (including phenoxy) is 2. The molecule has 3 nitrogen and oxygen atoms in total. The van der Waals surface area contributed by atoms with Crippen LogP contribution in [-0.2, 0) is 6.54 Å². The van der Waals surface area contributed by atoms with Crippen molar-refractivity contribution < 1.29 is 9.47 Å². The lowest BCUT2D eigenvalue weighted by Gasteiger charge is -2.16. The number of nitrogens with one attached hydrogen (secondary N) is 1. The van der Waals surface area contributed by atoms with E-state index in [-0.39, 0.29) is 6.10 Å². The average Bonchev–Trinajstić information content (AvgIpc) is 2.49. The van der Waals surface area contributed by atoms with Gasteiger partial charge in [0.05, 0.1) is 13.2 Å². The first-order valence-electron chi connectivity index (χ1n) is 7.75. The summed E-state index contributed by atoms with van der Waals surface area (Å²) in [5.74, 6) is 1.36. The van der Waals surface area contributed by atoms with Crippen LogP contribution in [0.15, 0.2) is 30.3 Å². The van der Waals surface area contributed by atoms with Crippen LogP contribution in [0.3, 0.4) is 0 Å². The van der Waals surface area contributed by atoms with Crippen LogP contribution < -0.4 is 14.8 Å². The second-order valence-electron chi connectivity index (χ2n) is 5.91. The van der Waals surface area contributed by atoms with Crippen molar-refractivity contribution in [2.75, 3.05) is 12.4 Å². The van der Waals surface area contributed by atoms with Gasteiger partial charge in [0, 0.05) is 23.3 Å². The average molecular weight is 334 g/mol. The molecule has 0 aliphatic heterocycles. The smallest absolute Gasteiger partial charge is 0.163 e. The highest BCUT2D eigenvalue weighted by Crippen LogP contribution is 2.34. The van der Waals surface area contributed by atoms with Gasteiger partial charge >= 0.3 is 0 Å². The van der Waals surface area contributed by atoms with Gasteiger partial charge < -0.3 is 14.8 Å². The maximum atomic E-state index is 6.39. The molecule has 0 aliphatic carbocycles. The van der Waals surface area contributed by atoms with E-state index in [0.717, 1.165) is 11.3 Å². The van der Waals surface area contributed by atoms with E-state index < -0.39 is 0 Å². The zero-order valence-electron chi connectivity index (χ0n) is 14.4. The quantitative estimate of drug-likeness (QED) is 0.771. The molecule has 2 aromatic rings. The highest BCUT2D eigenvalue weighted by atomic mass is 35.5. The second-order valence-corrected chi connectivity index (χ2v) is 6.32. The summed E-state index contributed by atoms with van der Waals surface area (Å²) in [4.78, 5) is 0. The fourth-order valence-corrected chi connectivity index (χ4v) is 2.49. The van der Waals surface area contributed by atoms with Gasteiger partial charge in [0.25, 0.3) is 0 Å². The molecular weight excluding hydrogens is 310 g/mol. The molecule has 0 atom stereocenters. The molecule has 2 rings (SSSR count). The zero-order chi connectivity index (χ0) is 17.0. The number of anilines is 1. The van der Waals surface area contributed by atoms with Crippen molar-refractivity contribution in [1.29, 1.82) is 0 Å². The monoisotopic (exact) mass is 333 g/mol. The van der Waals surface area contributed by atoms with E-state index >= 15 is 0 Å². The molecule has 0 saturated carbocycles. The molecule has 1 N–H and O–H groups in total. The topological polar surface area (TPSA) is 30.5 Å². The van der Waals surface area contributed by atoms with Crippen LogP contribution in [0.5, 0.6) is 11.5 Å². The van der Waals surface area contributed by atoms with E-state index in [4.69, 9.17) is 21.1 Å². The van der Waals surface area contributed by atoms with E-state index in [1.165, 1.54) is 11.1 Å². The molecule has 0 spiro atoms. The predicted molar refractivity (Wildman–Crippen MR) is 97.0 cm³/mol. The maximum absolute atomic E-state index is 6.39. The molecule has 0 amide bonds. The summed E-state index contributed by atoms with van der Waals surface area (Å²) >= 11 is 6.39. The number of hydrogen-bond acceptors (Lipinski definition) is 3. The molecule has 0 saturated heterocycles.